The Morgan fingerprint density at radius 3 is 2.58 bits per heavy atom. The molecule has 1 aliphatic heterocycles. The number of rotatable bonds is 3. The van der Waals surface area contributed by atoms with Crippen LogP contribution in [0.25, 0.3) is 0 Å². The second kappa shape index (κ2) is 4.24. The van der Waals surface area contributed by atoms with Gasteiger partial charge in [-0.3, -0.25) is 0 Å². The van der Waals surface area contributed by atoms with Crippen LogP contribution in [-0.2, 0) is 4.74 Å². The molecule has 1 aliphatic rings. The fraction of sp³-hybridized carbons (Fsp3) is 1.00. The highest BCUT2D eigenvalue weighted by Crippen LogP contribution is 2.29. The Kier molecular flexibility index (Phi) is 3.53. The highest BCUT2D eigenvalue weighted by molar-refractivity contribution is 4.82. The molecule has 2 nitrogen and oxygen atoms in total. The fourth-order valence-corrected chi connectivity index (χ4v) is 1.87. The van der Waals surface area contributed by atoms with Crippen LogP contribution in [0.3, 0.4) is 0 Å². The van der Waals surface area contributed by atoms with E-state index in [1.54, 1.807) is 0 Å². The Labute approximate surface area is 75.5 Å². The molecule has 0 bridgehead atoms. The van der Waals surface area contributed by atoms with Crippen LogP contribution in [-0.4, -0.2) is 19.3 Å². The van der Waals surface area contributed by atoms with Crippen LogP contribution in [0.1, 0.15) is 27.2 Å². The summed E-state index contributed by atoms with van der Waals surface area (Å²) in [6, 6.07) is 0. The molecule has 12 heavy (non-hydrogen) atoms. The smallest absolute Gasteiger partial charge is 0.0644 e. The first-order valence-electron chi connectivity index (χ1n) is 4.98. The molecule has 0 aliphatic carbocycles. The first kappa shape index (κ1) is 10.0. The molecule has 3 unspecified atom stereocenters. The van der Waals surface area contributed by atoms with E-state index in [-0.39, 0.29) is 0 Å². The van der Waals surface area contributed by atoms with Crippen molar-refractivity contribution in [1.29, 1.82) is 0 Å². The quantitative estimate of drug-likeness (QED) is 0.700. The lowest BCUT2D eigenvalue weighted by atomic mass is 9.85. The molecule has 3 atom stereocenters. The van der Waals surface area contributed by atoms with E-state index in [1.807, 2.05) is 0 Å². The standard InChI is InChI=1S/C10H21NO/c1-7(2)8(3)10-9(6-11)4-5-12-10/h7-10H,4-6,11H2,1-3H3. The van der Waals surface area contributed by atoms with E-state index in [0.29, 0.717) is 23.9 Å². The molecule has 72 valence electrons. The first-order chi connectivity index (χ1) is 5.66. The molecule has 0 aromatic carbocycles. The second-order valence-electron chi connectivity index (χ2n) is 4.22. The van der Waals surface area contributed by atoms with E-state index >= 15 is 0 Å². The Hall–Kier alpha value is -0.0800. The summed E-state index contributed by atoms with van der Waals surface area (Å²) >= 11 is 0. The van der Waals surface area contributed by atoms with Gasteiger partial charge in [0.25, 0.3) is 0 Å². The lowest BCUT2D eigenvalue weighted by molar-refractivity contribution is 0.0327. The molecule has 0 radical (unpaired) electrons. The number of hydrogen-bond acceptors (Lipinski definition) is 2. The molecular formula is C10H21NO. The lowest BCUT2D eigenvalue weighted by Gasteiger charge is -2.26. The van der Waals surface area contributed by atoms with Gasteiger partial charge < -0.3 is 10.5 Å². The Bertz CT molecular complexity index is 136. The molecule has 0 spiro atoms. The van der Waals surface area contributed by atoms with Crippen LogP contribution in [0.15, 0.2) is 0 Å². The van der Waals surface area contributed by atoms with Crippen molar-refractivity contribution in [1.82, 2.24) is 0 Å². The maximum Gasteiger partial charge on any atom is 0.0644 e. The van der Waals surface area contributed by atoms with E-state index < -0.39 is 0 Å². The van der Waals surface area contributed by atoms with Gasteiger partial charge in [-0.25, -0.2) is 0 Å². The van der Waals surface area contributed by atoms with Gasteiger partial charge in [-0.05, 0) is 30.7 Å². The van der Waals surface area contributed by atoms with E-state index in [2.05, 4.69) is 20.8 Å². The van der Waals surface area contributed by atoms with E-state index in [1.165, 1.54) is 0 Å². The Balaban J connectivity index is 2.49. The SMILES string of the molecule is CC(C)C(C)C1OCCC1CN. The van der Waals surface area contributed by atoms with Crippen molar-refractivity contribution in [2.24, 2.45) is 23.5 Å². The van der Waals surface area contributed by atoms with Crippen LogP contribution >= 0.6 is 0 Å². The number of ether oxygens (including phenoxy) is 1. The normalized spacial score (nSPS) is 32.8. The van der Waals surface area contributed by atoms with Crippen LogP contribution < -0.4 is 5.73 Å². The summed E-state index contributed by atoms with van der Waals surface area (Å²) in [5.74, 6) is 1.94. The van der Waals surface area contributed by atoms with E-state index in [9.17, 15) is 0 Å². The minimum absolute atomic E-state index is 0.412. The van der Waals surface area contributed by atoms with E-state index in [4.69, 9.17) is 10.5 Å². The van der Waals surface area contributed by atoms with Gasteiger partial charge in [0.05, 0.1) is 6.10 Å². The molecule has 1 rings (SSSR count). The van der Waals surface area contributed by atoms with Gasteiger partial charge in [0.2, 0.25) is 0 Å². The zero-order valence-corrected chi connectivity index (χ0v) is 8.42. The predicted octanol–water partition coefficient (Wildman–Crippen LogP) is 1.64. The Morgan fingerprint density at radius 2 is 2.08 bits per heavy atom. The van der Waals surface area contributed by atoms with Crippen molar-refractivity contribution in [2.75, 3.05) is 13.2 Å². The summed E-state index contributed by atoms with van der Waals surface area (Å²) < 4.78 is 5.70. The van der Waals surface area contributed by atoms with Crippen molar-refractivity contribution in [3.63, 3.8) is 0 Å². The zero-order chi connectivity index (χ0) is 9.14. The van der Waals surface area contributed by atoms with Crippen molar-refractivity contribution in [2.45, 2.75) is 33.3 Å². The average Bonchev–Trinajstić information content (AvgIpc) is 2.49. The summed E-state index contributed by atoms with van der Waals surface area (Å²) in [6.45, 7) is 8.45. The molecule has 0 amide bonds. The minimum Gasteiger partial charge on any atom is -0.378 e. The maximum absolute atomic E-state index is 5.70. The molecule has 1 heterocycles. The first-order valence-corrected chi connectivity index (χ1v) is 4.98. The van der Waals surface area contributed by atoms with Crippen LogP contribution in [0.4, 0.5) is 0 Å². The molecule has 1 fully saturated rings. The summed E-state index contributed by atoms with van der Waals surface area (Å²) in [4.78, 5) is 0. The van der Waals surface area contributed by atoms with E-state index in [0.717, 1.165) is 19.6 Å². The lowest BCUT2D eigenvalue weighted by Crippen LogP contribution is -2.32. The van der Waals surface area contributed by atoms with Gasteiger partial charge in [-0.2, -0.15) is 0 Å². The van der Waals surface area contributed by atoms with Gasteiger partial charge in [-0.1, -0.05) is 20.8 Å². The van der Waals surface area contributed by atoms with Gasteiger partial charge in [0, 0.05) is 6.61 Å². The van der Waals surface area contributed by atoms with Gasteiger partial charge in [-0.15, -0.1) is 0 Å². The van der Waals surface area contributed by atoms with Crippen molar-refractivity contribution < 1.29 is 4.74 Å². The topological polar surface area (TPSA) is 35.2 Å². The van der Waals surface area contributed by atoms with Crippen LogP contribution in [0.5, 0.6) is 0 Å². The molecule has 0 aromatic rings. The fourth-order valence-electron chi connectivity index (χ4n) is 1.87. The largest absolute Gasteiger partial charge is 0.378 e. The summed E-state index contributed by atoms with van der Waals surface area (Å²) in [5.41, 5.74) is 5.68. The van der Waals surface area contributed by atoms with Crippen LogP contribution in [0.2, 0.25) is 0 Å². The third-order valence-corrected chi connectivity index (χ3v) is 3.14. The highest BCUT2D eigenvalue weighted by atomic mass is 16.5. The maximum atomic E-state index is 5.70. The number of nitrogens with two attached hydrogens (primary N) is 1. The van der Waals surface area contributed by atoms with Crippen molar-refractivity contribution >= 4 is 0 Å². The molecule has 1 saturated heterocycles. The second-order valence-corrected chi connectivity index (χ2v) is 4.22. The van der Waals surface area contributed by atoms with Crippen molar-refractivity contribution in [3.05, 3.63) is 0 Å². The van der Waals surface area contributed by atoms with Gasteiger partial charge >= 0.3 is 0 Å². The molecule has 0 aromatic heterocycles. The third kappa shape index (κ3) is 1.99. The monoisotopic (exact) mass is 171 g/mol. The van der Waals surface area contributed by atoms with Gasteiger partial charge in [0.1, 0.15) is 0 Å². The summed E-state index contributed by atoms with van der Waals surface area (Å²) in [5, 5.41) is 0. The molecule has 2 N–H and O–H groups in total. The van der Waals surface area contributed by atoms with Gasteiger partial charge in [0.15, 0.2) is 0 Å². The highest BCUT2D eigenvalue weighted by Gasteiger charge is 2.32. The molecular weight excluding hydrogens is 150 g/mol. The van der Waals surface area contributed by atoms with Crippen LogP contribution in [0, 0.1) is 17.8 Å². The Morgan fingerprint density at radius 1 is 1.42 bits per heavy atom. The summed E-state index contributed by atoms with van der Waals surface area (Å²) in [6.07, 6.45) is 1.56. The molecule has 2 heteroatoms. The number of hydrogen-bond donors (Lipinski definition) is 1. The third-order valence-electron chi connectivity index (χ3n) is 3.14. The summed E-state index contributed by atoms with van der Waals surface area (Å²) in [7, 11) is 0. The average molecular weight is 171 g/mol. The predicted molar refractivity (Wildman–Crippen MR) is 50.9 cm³/mol. The molecule has 0 saturated carbocycles. The van der Waals surface area contributed by atoms with Crippen molar-refractivity contribution in [3.8, 4) is 0 Å². The zero-order valence-electron chi connectivity index (χ0n) is 8.42. The minimum atomic E-state index is 0.412.